The number of aliphatic hydroxyl groups excluding tert-OH is 1. The second kappa shape index (κ2) is 10.7. The van der Waals surface area contributed by atoms with Gasteiger partial charge in [0.25, 0.3) is 0 Å². The van der Waals surface area contributed by atoms with E-state index < -0.39 is 27.4 Å². The average Bonchev–Trinajstić information content (AvgIpc) is 2.34. The maximum Gasteiger partial charge on any atom is 0.364 e. The summed E-state index contributed by atoms with van der Waals surface area (Å²) in [6.45, 7) is 13.7. The molecule has 0 aliphatic carbocycles. The molecule has 0 aliphatic rings. The van der Waals surface area contributed by atoms with Gasteiger partial charge in [0.2, 0.25) is 0 Å². The van der Waals surface area contributed by atoms with E-state index in [1.807, 2.05) is 0 Å². The van der Waals surface area contributed by atoms with Crippen LogP contribution in [0.15, 0.2) is 23.5 Å². The van der Waals surface area contributed by atoms with E-state index in [0.717, 1.165) is 5.82 Å². The van der Waals surface area contributed by atoms with Crippen LogP contribution in [0.25, 0.3) is 0 Å². The highest BCUT2D eigenvalue weighted by Crippen LogP contribution is 2.60. The lowest BCUT2D eigenvalue weighted by Gasteiger charge is -2.24. The van der Waals surface area contributed by atoms with Crippen LogP contribution in [0.2, 0.25) is 0 Å². The third-order valence-electron chi connectivity index (χ3n) is 2.29. The van der Waals surface area contributed by atoms with Crippen LogP contribution in [-0.4, -0.2) is 29.5 Å². The molecule has 0 heterocycles. The van der Waals surface area contributed by atoms with Gasteiger partial charge in [-0.3, -0.25) is 9.13 Å². The van der Waals surface area contributed by atoms with Gasteiger partial charge in [0.1, 0.15) is 0 Å². The summed E-state index contributed by atoms with van der Waals surface area (Å²) in [5, 5.41) is 9.40. The highest BCUT2D eigenvalue weighted by Gasteiger charge is 2.33. The molecule has 0 aromatic rings. The molecule has 0 aromatic carbocycles. The summed E-state index contributed by atoms with van der Waals surface area (Å²) in [5.74, 6) is 1.16. The molecule has 0 fully saturated rings. The summed E-state index contributed by atoms with van der Waals surface area (Å²) in [6, 6.07) is 0. The minimum absolute atomic E-state index is 0.130. The zero-order chi connectivity index (χ0) is 19.8. The molecule has 9 heteroatoms. The topological polar surface area (TPSA) is 91.3 Å². The van der Waals surface area contributed by atoms with E-state index in [1.54, 1.807) is 55.4 Å². The zero-order valence-electron chi connectivity index (χ0n) is 16.3. The molecule has 0 aliphatic heterocycles. The highest BCUT2D eigenvalue weighted by atomic mass is 31.2. The smallest absolute Gasteiger partial charge is 0.364 e. The van der Waals surface area contributed by atoms with E-state index in [0.29, 0.717) is 6.26 Å². The Bertz CT molecular complexity index is 523. The molecule has 0 spiro atoms. The minimum atomic E-state index is -3.80. The van der Waals surface area contributed by atoms with E-state index in [9.17, 15) is 14.2 Å². The van der Waals surface area contributed by atoms with Gasteiger partial charge in [-0.15, -0.1) is 0 Å². The molecule has 0 radical (unpaired) electrons. The van der Waals surface area contributed by atoms with Crippen molar-refractivity contribution in [3.8, 4) is 0 Å². The molecular formula is C16H32O7P2. The average molecular weight is 398 g/mol. The predicted molar refractivity (Wildman–Crippen MR) is 99.9 cm³/mol. The quantitative estimate of drug-likeness (QED) is 0.260. The molecule has 1 N–H and O–H groups in total. The summed E-state index contributed by atoms with van der Waals surface area (Å²) in [6.07, 6.45) is 0.328. The number of aliphatic hydroxyl groups is 1. The Morgan fingerprint density at radius 3 is 1.40 bits per heavy atom. The monoisotopic (exact) mass is 398 g/mol. The van der Waals surface area contributed by atoms with Crippen molar-refractivity contribution >= 4 is 15.2 Å². The van der Waals surface area contributed by atoms with Gasteiger partial charge in [-0.1, -0.05) is 0 Å². The standard InChI is InChI=1S/C16H32O7P2/c1-12(2)20-24(18,21-13(3)4)10-9-16(11-17)25(19,22-14(5)6)23-15(7)8/h9-15,17H,1-8H3/b10-9+,16-11+. The van der Waals surface area contributed by atoms with Crippen molar-refractivity contribution in [1.82, 2.24) is 0 Å². The fourth-order valence-corrected chi connectivity index (χ4v) is 5.39. The summed E-state index contributed by atoms with van der Waals surface area (Å²) in [5.41, 5.74) is 0. The fraction of sp³-hybridized carbons (Fsp3) is 0.750. The van der Waals surface area contributed by atoms with Crippen molar-refractivity contribution in [3.63, 3.8) is 0 Å². The molecule has 0 atom stereocenters. The predicted octanol–water partition coefficient (Wildman–Crippen LogP) is 5.99. The second-order valence-electron chi connectivity index (χ2n) is 6.52. The normalized spacial score (nSPS) is 14.6. The van der Waals surface area contributed by atoms with Crippen molar-refractivity contribution in [3.05, 3.63) is 23.5 Å². The maximum atomic E-state index is 13.0. The fourth-order valence-electron chi connectivity index (χ4n) is 1.76. The molecule has 0 saturated heterocycles. The Hall–Kier alpha value is -0.420. The molecule has 25 heavy (non-hydrogen) atoms. The first-order valence-corrected chi connectivity index (χ1v) is 11.5. The molecule has 0 aromatic heterocycles. The van der Waals surface area contributed by atoms with Crippen molar-refractivity contribution in [1.29, 1.82) is 0 Å². The summed E-state index contributed by atoms with van der Waals surface area (Å²) in [7, 11) is -7.41. The molecule has 0 bridgehead atoms. The largest absolute Gasteiger partial charge is 0.515 e. The number of rotatable bonds is 11. The Labute approximate surface area is 151 Å². The van der Waals surface area contributed by atoms with Crippen LogP contribution in [0.4, 0.5) is 0 Å². The Morgan fingerprint density at radius 2 is 1.12 bits per heavy atom. The molecule has 148 valence electrons. The van der Waals surface area contributed by atoms with E-state index in [4.69, 9.17) is 18.1 Å². The van der Waals surface area contributed by atoms with Crippen molar-refractivity contribution < 1.29 is 32.3 Å². The first kappa shape index (κ1) is 24.6. The molecule has 0 rings (SSSR count). The van der Waals surface area contributed by atoms with Gasteiger partial charge >= 0.3 is 15.2 Å². The molecule has 0 amide bonds. The van der Waals surface area contributed by atoms with E-state index in [-0.39, 0.29) is 17.5 Å². The number of hydrogen-bond acceptors (Lipinski definition) is 7. The Morgan fingerprint density at radius 1 is 0.760 bits per heavy atom. The summed E-state index contributed by atoms with van der Waals surface area (Å²) >= 11 is 0. The molecular weight excluding hydrogens is 366 g/mol. The maximum absolute atomic E-state index is 13.0. The first-order valence-electron chi connectivity index (χ1n) is 8.31. The van der Waals surface area contributed by atoms with Crippen LogP contribution in [0.3, 0.4) is 0 Å². The van der Waals surface area contributed by atoms with Gasteiger partial charge in [-0.2, -0.15) is 0 Å². The van der Waals surface area contributed by atoms with Crippen LogP contribution in [0.1, 0.15) is 55.4 Å². The molecule has 0 saturated carbocycles. The van der Waals surface area contributed by atoms with Gasteiger partial charge in [0, 0.05) is 5.82 Å². The van der Waals surface area contributed by atoms with E-state index in [2.05, 4.69) is 0 Å². The van der Waals surface area contributed by atoms with Crippen LogP contribution in [-0.2, 0) is 27.2 Å². The number of hydrogen-bond donors (Lipinski definition) is 1. The lowest BCUT2D eigenvalue weighted by atomic mass is 10.5. The van der Waals surface area contributed by atoms with Gasteiger partial charge in [-0.25, -0.2) is 0 Å². The van der Waals surface area contributed by atoms with E-state index in [1.165, 1.54) is 6.08 Å². The molecule has 7 nitrogen and oxygen atoms in total. The third kappa shape index (κ3) is 9.74. The Kier molecular flexibility index (Phi) is 10.5. The van der Waals surface area contributed by atoms with Gasteiger partial charge in [0.15, 0.2) is 0 Å². The Balaban J connectivity index is 5.72. The minimum Gasteiger partial charge on any atom is -0.515 e. The SMILES string of the molecule is CC(C)OP(=O)(/C=C/C(=C\O)P(=O)(OC(C)C)OC(C)C)OC(C)C. The van der Waals surface area contributed by atoms with Gasteiger partial charge < -0.3 is 23.2 Å². The zero-order valence-corrected chi connectivity index (χ0v) is 18.1. The van der Waals surface area contributed by atoms with Crippen LogP contribution < -0.4 is 0 Å². The summed E-state index contributed by atoms with van der Waals surface area (Å²) in [4.78, 5) is 0. The van der Waals surface area contributed by atoms with Gasteiger partial charge in [-0.05, 0) is 61.5 Å². The van der Waals surface area contributed by atoms with Crippen LogP contribution in [0.5, 0.6) is 0 Å². The van der Waals surface area contributed by atoms with Crippen molar-refractivity contribution in [2.24, 2.45) is 0 Å². The van der Waals surface area contributed by atoms with Crippen LogP contribution in [0, 0.1) is 0 Å². The lowest BCUT2D eigenvalue weighted by Crippen LogP contribution is -2.09. The highest BCUT2D eigenvalue weighted by molar-refractivity contribution is 7.59. The molecule has 0 unspecified atom stereocenters. The van der Waals surface area contributed by atoms with Crippen LogP contribution >= 0.6 is 15.2 Å². The lowest BCUT2D eigenvalue weighted by molar-refractivity contribution is 0.147. The second-order valence-corrected chi connectivity index (χ2v) is 10.3. The van der Waals surface area contributed by atoms with Crippen molar-refractivity contribution in [2.75, 3.05) is 0 Å². The van der Waals surface area contributed by atoms with Crippen molar-refractivity contribution in [2.45, 2.75) is 79.8 Å². The first-order chi connectivity index (χ1) is 11.3. The van der Waals surface area contributed by atoms with E-state index >= 15 is 0 Å². The van der Waals surface area contributed by atoms with Gasteiger partial charge in [0.05, 0.1) is 36.0 Å². The number of allylic oxidation sites excluding steroid dienone is 2. The summed E-state index contributed by atoms with van der Waals surface area (Å²) < 4.78 is 47.4. The third-order valence-corrected chi connectivity index (χ3v) is 6.53.